The van der Waals surface area contributed by atoms with E-state index in [0.29, 0.717) is 24.7 Å². The Bertz CT molecular complexity index is 592. The van der Waals surface area contributed by atoms with Gasteiger partial charge in [-0.05, 0) is 24.5 Å². The molecule has 1 heterocycles. The Morgan fingerprint density at radius 3 is 2.54 bits per heavy atom. The molecule has 2 amide bonds. The molecule has 1 aromatic carbocycles. The summed E-state index contributed by atoms with van der Waals surface area (Å²) in [5.74, 6) is 0.0293. The van der Waals surface area contributed by atoms with Crippen molar-refractivity contribution in [1.29, 1.82) is 0 Å². The summed E-state index contributed by atoms with van der Waals surface area (Å²) in [6.45, 7) is 7.42. The maximum Gasteiger partial charge on any atom is 0.240 e. The van der Waals surface area contributed by atoms with E-state index in [1.165, 1.54) is 0 Å². The first-order chi connectivity index (χ1) is 12.1. The van der Waals surface area contributed by atoms with Gasteiger partial charge < -0.3 is 15.1 Å². The summed E-state index contributed by atoms with van der Waals surface area (Å²) >= 11 is 6.21. The first kappa shape index (κ1) is 22.7. The molecule has 5 nitrogen and oxygen atoms in total. The van der Waals surface area contributed by atoms with Gasteiger partial charge in [-0.3, -0.25) is 9.59 Å². The highest BCUT2D eigenvalue weighted by Gasteiger charge is 2.31. The van der Waals surface area contributed by atoms with Gasteiger partial charge in [0.15, 0.2) is 0 Å². The summed E-state index contributed by atoms with van der Waals surface area (Å²) in [5, 5.41) is 3.86. The van der Waals surface area contributed by atoms with Crippen LogP contribution in [0.1, 0.15) is 38.7 Å². The third kappa shape index (κ3) is 6.15. The molecule has 0 radical (unpaired) electrons. The van der Waals surface area contributed by atoms with E-state index in [0.717, 1.165) is 31.5 Å². The van der Waals surface area contributed by atoms with Crippen molar-refractivity contribution in [2.45, 2.75) is 45.7 Å². The van der Waals surface area contributed by atoms with Gasteiger partial charge in [0.05, 0.1) is 12.5 Å². The average Bonchev–Trinajstić information content (AvgIpc) is 2.60. The van der Waals surface area contributed by atoms with Crippen molar-refractivity contribution in [2.24, 2.45) is 0 Å². The van der Waals surface area contributed by atoms with Crippen LogP contribution in [-0.4, -0.2) is 53.8 Å². The third-order valence-corrected chi connectivity index (χ3v) is 4.79. The molecule has 0 aliphatic carbocycles. The molecule has 146 valence electrons. The van der Waals surface area contributed by atoms with E-state index < -0.39 is 6.04 Å². The maximum absolute atomic E-state index is 12.8. The van der Waals surface area contributed by atoms with Crippen LogP contribution in [0.5, 0.6) is 0 Å². The summed E-state index contributed by atoms with van der Waals surface area (Å²) < 4.78 is 0. The zero-order valence-electron chi connectivity index (χ0n) is 15.5. The normalized spacial score (nSPS) is 17.0. The highest BCUT2D eigenvalue weighted by Crippen LogP contribution is 2.19. The lowest BCUT2D eigenvalue weighted by atomic mass is 10.1. The molecular formula is C19H29Cl2N3O2. The fourth-order valence-electron chi connectivity index (χ4n) is 3.15. The molecule has 0 spiro atoms. The summed E-state index contributed by atoms with van der Waals surface area (Å²) in [6, 6.07) is 7.12. The van der Waals surface area contributed by atoms with E-state index >= 15 is 0 Å². The van der Waals surface area contributed by atoms with Crippen molar-refractivity contribution in [3.8, 4) is 0 Å². The first-order valence-corrected chi connectivity index (χ1v) is 9.48. The number of benzene rings is 1. The third-order valence-electron chi connectivity index (χ3n) is 4.42. The molecular weight excluding hydrogens is 373 g/mol. The van der Waals surface area contributed by atoms with Gasteiger partial charge in [0.1, 0.15) is 0 Å². The molecule has 1 N–H and O–H groups in total. The molecule has 1 fully saturated rings. The molecule has 1 saturated heterocycles. The minimum absolute atomic E-state index is 0. The van der Waals surface area contributed by atoms with E-state index in [1.807, 2.05) is 29.2 Å². The number of nitrogens with one attached hydrogen (secondary N) is 1. The molecule has 1 atom stereocenters. The van der Waals surface area contributed by atoms with Crippen LogP contribution in [0.25, 0.3) is 0 Å². The highest BCUT2D eigenvalue weighted by molar-refractivity contribution is 6.31. The van der Waals surface area contributed by atoms with Gasteiger partial charge in [-0.2, -0.15) is 0 Å². The molecule has 1 aromatic rings. The molecule has 1 aliphatic heterocycles. The van der Waals surface area contributed by atoms with Gasteiger partial charge in [-0.25, -0.2) is 0 Å². The Kier molecular flexibility index (Phi) is 9.99. The van der Waals surface area contributed by atoms with Crippen molar-refractivity contribution in [3.63, 3.8) is 0 Å². The minimum atomic E-state index is -0.444. The van der Waals surface area contributed by atoms with Crippen LogP contribution >= 0.6 is 24.0 Å². The Balaban J connectivity index is 0.00000338. The van der Waals surface area contributed by atoms with Gasteiger partial charge in [0.25, 0.3) is 0 Å². The van der Waals surface area contributed by atoms with Gasteiger partial charge in [0, 0.05) is 37.7 Å². The molecule has 26 heavy (non-hydrogen) atoms. The summed E-state index contributed by atoms with van der Waals surface area (Å²) in [7, 11) is 0. The second-order valence-corrected chi connectivity index (χ2v) is 6.85. The van der Waals surface area contributed by atoms with Gasteiger partial charge in [-0.15, -0.1) is 12.4 Å². The number of rotatable bonds is 8. The number of hydrogen-bond donors (Lipinski definition) is 1. The molecule has 0 bridgehead atoms. The lowest BCUT2D eigenvalue weighted by molar-refractivity contribution is -0.141. The number of amides is 2. The minimum Gasteiger partial charge on any atom is -0.343 e. The summed E-state index contributed by atoms with van der Waals surface area (Å²) in [4.78, 5) is 29.0. The van der Waals surface area contributed by atoms with E-state index in [-0.39, 0.29) is 30.6 Å². The SMILES string of the molecule is CCCN(CCC)C(=O)CC1NCCN(Cc2ccccc2Cl)C1=O.Cl. The number of carbonyl (C=O) groups is 2. The Morgan fingerprint density at radius 2 is 1.92 bits per heavy atom. The first-order valence-electron chi connectivity index (χ1n) is 9.10. The van der Waals surface area contributed by atoms with Crippen LogP contribution in [0.2, 0.25) is 5.02 Å². The maximum atomic E-state index is 12.8. The lowest BCUT2D eigenvalue weighted by Crippen LogP contribution is -2.56. The van der Waals surface area contributed by atoms with E-state index in [4.69, 9.17) is 11.6 Å². The van der Waals surface area contributed by atoms with Crippen LogP contribution < -0.4 is 5.32 Å². The Labute approximate surface area is 167 Å². The number of hydrogen-bond acceptors (Lipinski definition) is 3. The smallest absolute Gasteiger partial charge is 0.240 e. The van der Waals surface area contributed by atoms with Crippen molar-refractivity contribution >= 4 is 35.8 Å². The van der Waals surface area contributed by atoms with E-state index in [1.54, 1.807) is 4.90 Å². The number of halogens is 2. The van der Waals surface area contributed by atoms with Crippen molar-refractivity contribution in [1.82, 2.24) is 15.1 Å². The van der Waals surface area contributed by atoms with Crippen LogP contribution in [0.3, 0.4) is 0 Å². The second-order valence-electron chi connectivity index (χ2n) is 6.44. The second kappa shape index (κ2) is 11.4. The topological polar surface area (TPSA) is 52.7 Å². The van der Waals surface area contributed by atoms with Crippen molar-refractivity contribution in [2.75, 3.05) is 26.2 Å². The standard InChI is InChI=1S/C19H28ClN3O2.ClH/c1-3-10-22(11-4-2)18(24)13-17-19(25)23(12-9-21-17)14-15-7-5-6-8-16(15)20;/h5-8,17,21H,3-4,9-14H2,1-2H3;1H. The summed E-state index contributed by atoms with van der Waals surface area (Å²) in [6.07, 6.45) is 2.07. The molecule has 2 rings (SSSR count). The molecule has 0 saturated carbocycles. The number of carbonyl (C=O) groups excluding carboxylic acids is 2. The van der Waals surface area contributed by atoms with Crippen molar-refractivity contribution < 1.29 is 9.59 Å². The number of nitrogens with zero attached hydrogens (tertiary/aromatic N) is 2. The van der Waals surface area contributed by atoms with Gasteiger partial charge in [0.2, 0.25) is 11.8 Å². The molecule has 7 heteroatoms. The van der Waals surface area contributed by atoms with Crippen LogP contribution in [-0.2, 0) is 16.1 Å². The molecule has 0 aromatic heterocycles. The van der Waals surface area contributed by atoms with Crippen LogP contribution in [0, 0.1) is 0 Å². The highest BCUT2D eigenvalue weighted by atomic mass is 35.5. The predicted molar refractivity (Wildman–Crippen MR) is 108 cm³/mol. The zero-order valence-corrected chi connectivity index (χ0v) is 17.1. The predicted octanol–water partition coefficient (Wildman–Crippen LogP) is 3.10. The molecule has 1 unspecified atom stereocenters. The monoisotopic (exact) mass is 401 g/mol. The zero-order chi connectivity index (χ0) is 18.2. The van der Waals surface area contributed by atoms with Crippen molar-refractivity contribution in [3.05, 3.63) is 34.9 Å². The van der Waals surface area contributed by atoms with E-state index in [2.05, 4.69) is 19.2 Å². The average molecular weight is 402 g/mol. The van der Waals surface area contributed by atoms with Crippen LogP contribution in [0.15, 0.2) is 24.3 Å². The Morgan fingerprint density at radius 1 is 1.27 bits per heavy atom. The number of piperazine rings is 1. The van der Waals surface area contributed by atoms with E-state index in [9.17, 15) is 9.59 Å². The molecule has 1 aliphatic rings. The lowest BCUT2D eigenvalue weighted by Gasteiger charge is -2.34. The van der Waals surface area contributed by atoms with Gasteiger partial charge in [-0.1, -0.05) is 43.6 Å². The Hall–Kier alpha value is -1.30. The van der Waals surface area contributed by atoms with Crippen LogP contribution in [0.4, 0.5) is 0 Å². The largest absolute Gasteiger partial charge is 0.343 e. The fraction of sp³-hybridized carbons (Fsp3) is 0.579. The van der Waals surface area contributed by atoms with Gasteiger partial charge >= 0.3 is 0 Å². The quantitative estimate of drug-likeness (QED) is 0.727. The summed E-state index contributed by atoms with van der Waals surface area (Å²) in [5.41, 5.74) is 0.933. The fourth-order valence-corrected chi connectivity index (χ4v) is 3.34.